The molecule has 0 saturated heterocycles. The molecule has 96 valence electrons. The topological polar surface area (TPSA) is 47.9 Å². The number of ether oxygens (including phenoxy) is 1. The van der Waals surface area contributed by atoms with Crippen molar-refractivity contribution in [1.82, 2.24) is 14.3 Å². The smallest absolute Gasteiger partial charge is 0.232 e. The van der Waals surface area contributed by atoms with E-state index in [9.17, 15) is 0 Å². The van der Waals surface area contributed by atoms with Crippen LogP contribution in [0.4, 0.5) is 0 Å². The van der Waals surface area contributed by atoms with Crippen LogP contribution in [0.5, 0.6) is 11.6 Å². The van der Waals surface area contributed by atoms with Gasteiger partial charge in [0.05, 0.1) is 11.1 Å². The van der Waals surface area contributed by atoms with Crippen molar-refractivity contribution >= 4 is 37.7 Å². The van der Waals surface area contributed by atoms with Crippen molar-refractivity contribution in [1.29, 1.82) is 0 Å². The number of fused-ring (bicyclic) bond motifs is 1. The van der Waals surface area contributed by atoms with Crippen LogP contribution in [-0.2, 0) is 0 Å². The van der Waals surface area contributed by atoms with Crippen molar-refractivity contribution in [2.75, 3.05) is 0 Å². The Hall–Kier alpha value is -1.53. The fourth-order valence-corrected chi connectivity index (χ4v) is 2.83. The van der Waals surface area contributed by atoms with Crippen molar-refractivity contribution in [2.45, 2.75) is 13.8 Å². The minimum atomic E-state index is 0.553. The summed E-state index contributed by atoms with van der Waals surface area (Å²) in [7, 11) is 0. The molecule has 6 heteroatoms. The molecular weight excluding hydrogens is 326 g/mol. The van der Waals surface area contributed by atoms with E-state index in [2.05, 4.69) is 30.3 Å². The lowest BCUT2D eigenvalue weighted by molar-refractivity contribution is 0.464. The zero-order chi connectivity index (χ0) is 13.4. The Kier molecular flexibility index (Phi) is 3.20. The van der Waals surface area contributed by atoms with Crippen molar-refractivity contribution in [3.05, 3.63) is 40.3 Å². The maximum atomic E-state index is 5.93. The highest BCUT2D eigenvalue weighted by Gasteiger charge is 2.13. The van der Waals surface area contributed by atoms with Gasteiger partial charge in [0.25, 0.3) is 0 Å². The number of hydrogen-bond donors (Lipinski definition) is 0. The normalized spacial score (nSPS) is 10.9. The maximum absolute atomic E-state index is 5.93. The number of hydrogen-bond acceptors (Lipinski definition) is 5. The fourth-order valence-electron chi connectivity index (χ4n) is 1.76. The van der Waals surface area contributed by atoms with Gasteiger partial charge < -0.3 is 4.74 Å². The molecule has 0 bridgehead atoms. The van der Waals surface area contributed by atoms with Crippen LogP contribution in [0.1, 0.15) is 11.3 Å². The molecule has 0 fully saturated rings. The van der Waals surface area contributed by atoms with Gasteiger partial charge in [-0.2, -0.15) is 4.37 Å². The predicted molar refractivity (Wildman–Crippen MR) is 78.9 cm³/mol. The highest BCUT2D eigenvalue weighted by atomic mass is 79.9. The standard InChI is InChI=1S/C13H10BrN3OS/c1-7-3-4-9(14)5-10(7)18-12-11-8(2)17-19-13(11)16-6-15-12/h3-6H,1-2H3. The molecule has 4 nitrogen and oxygen atoms in total. The molecular formula is C13H10BrN3OS. The molecule has 0 saturated carbocycles. The van der Waals surface area contributed by atoms with Gasteiger partial charge in [0.2, 0.25) is 5.88 Å². The van der Waals surface area contributed by atoms with Crippen LogP contribution in [0, 0.1) is 13.8 Å². The molecule has 3 aromatic rings. The second-order valence-electron chi connectivity index (χ2n) is 4.14. The van der Waals surface area contributed by atoms with E-state index < -0.39 is 0 Å². The minimum Gasteiger partial charge on any atom is -0.438 e. The highest BCUT2D eigenvalue weighted by Crippen LogP contribution is 2.33. The molecule has 0 unspecified atom stereocenters. The van der Waals surface area contributed by atoms with Crippen LogP contribution in [0.3, 0.4) is 0 Å². The Bertz CT molecular complexity index is 757. The maximum Gasteiger partial charge on any atom is 0.232 e. The van der Waals surface area contributed by atoms with Crippen LogP contribution in [0.25, 0.3) is 10.2 Å². The van der Waals surface area contributed by atoms with Crippen molar-refractivity contribution in [2.24, 2.45) is 0 Å². The van der Waals surface area contributed by atoms with E-state index in [4.69, 9.17) is 4.74 Å². The van der Waals surface area contributed by atoms with E-state index >= 15 is 0 Å². The van der Waals surface area contributed by atoms with Gasteiger partial charge in [-0.3, -0.25) is 0 Å². The number of aromatic nitrogens is 3. The molecule has 0 radical (unpaired) electrons. The van der Waals surface area contributed by atoms with Crippen LogP contribution >= 0.6 is 27.5 Å². The molecule has 0 aliphatic heterocycles. The molecule has 0 spiro atoms. The third-order valence-corrected chi connectivity index (χ3v) is 4.11. The summed E-state index contributed by atoms with van der Waals surface area (Å²) < 4.78 is 11.2. The molecule has 2 aromatic heterocycles. The van der Waals surface area contributed by atoms with Crippen LogP contribution in [-0.4, -0.2) is 14.3 Å². The van der Waals surface area contributed by atoms with Gasteiger partial charge in [-0.25, -0.2) is 9.97 Å². The van der Waals surface area contributed by atoms with E-state index in [0.29, 0.717) is 5.88 Å². The second kappa shape index (κ2) is 4.86. The predicted octanol–water partition coefficient (Wildman–Crippen LogP) is 4.26. The first kappa shape index (κ1) is 12.5. The van der Waals surface area contributed by atoms with E-state index in [0.717, 1.165) is 31.7 Å². The molecule has 3 rings (SSSR count). The first-order valence-corrected chi connectivity index (χ1v) is 7.23. The Labute approximate surface area is 122 Å². The van der Waals surface area contributed by atoms with Crippen molar-refractivity contribution in [3.8, 4) is 11.6 Å². The van der Waals surface area contributed by atoms with Crippen molar-refractivity contribution < 1.29 is 4.74 Å². The lowest BCUT2D eigenvalue weighted by Gasteiger charge is -2.08. The van der Waals surface area contributed by atoms with Crippen molar-refractivity contribution in [3.63, 3.8) is 0 Å². The lowest BCUT2D eigenvalue weighted by Crippen LogP contribution is -1.92. The summed E-state index contributed by atoms with van der Waals surface area (Å²) >= 11 is 4.80. The number of halogens is 1. The molecule has 2 heterocycles. The Morgan fingerprint density at radius 2 is 2.05 bits per heavy atom. The number of nitrogens with zero attached hydrogens (tertiary/aromatic N) is 3. The molecule has 0 N–H and O–H groups in total. The van der Waals surface area contributed by atoms with E-state index in [1.807, 2.05) is 32.0 Å². The Morgan fingerprint density at radius 1 is 1.21 bits per heavy atom. The Morgan fingerprint density at radius 3 is 2.89 bits per heavy atom. The van der Waals surface area contributed by atoms with Gasteiger partial charge in [-0.1, -0.05) is 22.0 Å². The summed E-state index contributed by atoms with van der Waals surface area (Å²) in [6, 6.07) is 5.91. The summed E-state index contributed by atoms with van der Waals surface area (Å²) in [6.07, 6.45) is 1.50. The second-order valence-corrected chi connectivity index (χ2v) is 5.81. The fraction of sp³-hybridized carbons (Fsp3) is 0.154. The third-order valence-electron chi connectivity index (χ3n) is 2.77. The lowest BCUT2D eigenvalue weighted by atomic mass is 10.2. The van der Waals surface area contributed by atoms with E-state index in [-0.39, 0.29) is 0 Å². The highest BCUT2D eigenvalue weighted by molar-refractivity contribution is 9.10. The minimum absolute atomic E-state index is 0.553. The van der Waals surface area contributed by atoms with Gasteiger partial charge in [0.1, 0.15) is 12.1 Å². The third kappa shape index (κ3) is 2.33. The molecule has 0 aliphatic rings. The molecule has 0 amide bonds. The Balaban J connectivity index is 2.10. The van der Waals surface area contributed by atoms with Gasteiger partial charge in [0, 0.05) is 4.47 Å². The monoisotopic (exact) mass is 335 g/mol. The number of benzene rings is 1. The zero-order valence-corrected chi connectivity index (χ0v) is 12.7. The first-order valence-electron chi connectivity index (χ1n) is 5.66. The van der Waals surface area contributed by atoms with E-state index in [1.54, 1.807) is 0 Å². The molecule has 19 heavy (non-hydrogen) atoms. The summed E-state index contributed by atoms with van der Waals surface area (Å²) in [5.41, 5.74) is 1.94. The average Bonchev–Trinajstić information content (AvgIpc) is 2.77. The first-order chi connectivity index (χ1) is 9.15. The van der Waals surface area contributed by atoms with E-state index in [1.165, 1.54) is 17.9 Å². The summed E-state index contributed by atoms with van der Waals surface area (Å²) in [4.78, 5) is 9.27. The number of rotatable bonds is 2. The largest absolute Gasteiger partial charge is 0.438 e. The summed E-state index contributed by atoms with van der Waals surface area (Å²) in [6.45, 7) is 3.93. The van der Waals surface area contributed by atoms with Crippen LogP contribution in [0.2, 0.25) is 0 Å². The molecule has 0 atom stereocenters. The van der Waals surface area contributed by atoms with Gasteiger partial charge >= 0.3 is 0 Å². The SMILES string of the molecule is Cc1ccc(Br)cc1Oc1ncnc2snc(C)c12. The summed E-state index contributed by atoms with van der Waals surface area (Å²) in [5, 5.41) is 0.881. The number of aryl methyl sites for hydroxylation is 2. The van der Waals surface area contributed by atoms with Crippen LogP contribution in [0.15, 0.2) is 29.0 Å². The van der Waals surface area contributed by atoms with Crippen LogP contribution < -0.4 is 4.74 Å². The average molecular weight is 336 g/mol. The van der Waals surface area contributed by atoms with Gasteiger partial charge in [-0.15, -0.1) is 0 Å². The van der Waals surface area contributed by atoms with Gasteiger partial charge in [0.15, 0.2) is 4.83 Å². The zero-order valence-electron chi connectivity index (χ0n) is 10.3. The quantitative estimate of drug-likeness (QED) is 0.702. The summed E-state index contributed by atoms with van der Waals surface area (Å²) in [5.74, 6) is 1.33. The molecule has 0 aliphatic carbocycles. The van der Waals surface area contributed by atoms with Gasteiger partial charge in [-0.05, 0) is 43.1 Å². The molecule has 1 aromatic carbocycles.